The number of nitrogens with zero attached hydrogens (tertiary/aromatic N) is 3. The maximum absolute atomic E-state index is 12.5. The molecule has 0 saturated carbocycles. The van der Waals surface area contributed by atoms with Crippen molar-refractivity contribution in [3.63, 3.8) is 0 Å². The van der Waals surface area contributed by atoms with Crippen LogP contribution in [0, 0.1) is 0 Å². The quantitative estimate of drug-likeness (QED) is 0.778. The zero-order valence-electron chi connectivity index (χ0n) is 14.9. The van der Waals surface area contributed by atoms with E-state index in [-0.39, 0.29) is 12.0 Å². The van der Waals surface area contributed by atoms with E-state index < -0.39 is 0 Å². The van der Waals surface area contributed by atoms with Gasteiger partial charge in [0.2, 0.25) is 5.91 Å². The molecule has 2 heterocycles. The number of hydrogen-bond donors (Lipinski definition) is 0. The van der Waals surface area contributed by atoms with E-state index in [9.17, 15) is 4.79 Å². The van der Waals surface area contributed by atoms with Crippen LogP contribution in [-0.4, -0.2) is 46.4 Å². The minimum Gasteiger partial charge on any atom is -0.375 e. The highest BCUT2D eigenvalue weighted by molar-refractivity contribution is 5.76. The van der Waals surface area contributed by atoms with Gasteiger partial charge in [-0.05, 0) is 36.8 Å². The number of aromatic nitrogens is 2. The third-order valence-electron chi connectivity index (χ3n) is 4.71. The summed E-state index contributed by atoms with van der Waals surface area (Å²) in [7, 11) is 1.90. The molecule has 2 aromatic rings. The molecule has 0 bridgehead atoms. The van der Waals surface area contributed by atoms with Crippen molar-refractivity contribution in [3.8, 4) is 0 Å². The Balaban J connectivity index is 1.40. The van der Waals surface area contributed by atoms with Crippen molar-refractivity contribution in [1.29, 1.82) is 0 Å². The topological polar surface area (TPSA) is 47.4 Å². The minimum absolute atomic E-state index is 0.166. The molecule has 5 heteroatoms. The van der Waals surface area contributed by atoms with E-state index in [4.69, 9.17) is 4.74 Å². The molecule has 1 saturated heterocycles. The lowest BCUT2D eigenvalue weighted by Crippen LogP contribution is -2.45. The van der Waals surface area contributed by atoms with Crippen LogP contribution in [-0.2, 0) is 29.4 Å². The second-order valence-corrected chi connectivity index (χ2v) is 6.73. The van der Waals surface area contributed by atoms with Crippen molar-refractivity contribution in [1.82, 2.24) is 14.7 Å². The van der Waals surface area contributed by atoms with Crippen LogP contribution in [0.15, 0.2) is 42.7 Å². The van der Waals surface area contributed by atoms with Gasteiger partial charge >= 0.3 is 0 Å². The smallest absolute Gasteiger partial charge is 0.223 e. The first-order valence-electron chi connectivity index (χ1n) is 9.11. The van der Waals surface area contributed by atoms with Gasteiger partial charge in [-0.15, -0.1) is 0 Å². The van der Waals surface area contributed by atoms with Crippen LogP contribution in [0.2, 0.25) is 0 Å². The van der Waals surface area contributed by atoms with Crippen molar-refractivity contribution in [3.05, 3.63) is 53.9 Å². The highest BCUT2D eigenvalue weighted by Crippen LogP contribution is 2.15. The van der Waals surface area contributed by atoms with Crippen molar-refractivity contribution < 1.29 is 9.53 Å². The van der Waals surface area contributed by atoms with E-state index >= 15 is 0 Å². The number of benzene rings is 1. The predicted octanol–water partition coefficient (Wildman–Crippen LogP) is 2.60. The van der Waals surface area contributed by atoms with Crippen LogP contribution in [0.5, 0.6) is 0 Å². The number of rotatable bonds is 7. The Bertz CT molecular complexity index is 669. The highest BCUT2D eigenvalue weighted by atomic mass is 16.5. The summed E-state index contributed by atoms with van der Waals surface area (Å²) in [5, 5.41) is 4.15. The molecule has 0 unspecified atom stereocenters. The largest absolute Gasteiger partial charge is 0.375 e. The lowest BCUT2D eigenvalue weighted by atomic mass is 10.0. The summed E-state index contributed by atoms with van der Waals surface area (Å²) in [6, 6.07) is 10.5. The first-order valence-corrected chi connectivity index (χ1v) is 9.11. The summed E-state index contributed by atoms with van der Waals surface area (Å²) < 4.78 is 7.63. The molecule has 0 aliphatic carbocycles. The average Bonchev–Trinajstić information content (AvgIpc) is 3.06. The number of amides is 1. The van der Waals surface area contributed by atoms with Gasteiger partial charge in [0.05, 0.1) is 18.9 Å². The molecule has 0 N–H and O–H groups in total. The molecule has 25 heavy (non-hydrogen) atoms. The van der Waals surface area contributed by atoms with Gasteiger partial charge in [0.15, 0.2) is 0 Å². The summed E-state index contributed by atoms with van der Waals surface area (Å²) in [6.45, 7) is 2.08. The van der Waals surface area contributed by atoms with Crippen LogP contribution in [0.3, 0.4) is 0 Å². The first kappa shape index (κ1) is 17.7. The molecule has 1 amide bonds. The number of aryl methyl sites for hydroxylation is 3. The van der Waals surface area contributed by atoms with Crippen molar-refractivity contribution >= 4 is 5.91 Å². The zero-order valence-corrected chi connectivity index (χ0v) is 14.9. The molecule has 5 nitrogen and oxygen atoms in total. The van der Waals surface area contributed by atoms with Crippen molar-refractivity contribution in [2.45, 2.75) is 38.2 Å². The third kappa shape index (κ3) is 5.43. The maximum atomic E-state index is 12.5. The minimum atomic E-state index is 0.166. The second-order valence-electron chi connectivity index (χ2n) is 6.73. The van der Waals surface area contributed by atoms with Gasteiger partial charge in [-0.25, -0.2) is 0 Å². The Morgan fingerprint density at radius 2 is 2.08 bits per heavy atom. The second kappa shape index (κ2) is 8.81. The summed E-state index contributed by atoms with van der Waals surface area (Å²) in [6.07, 6.45) is 8.42. The number of hydrogen-bond acceptors (Lipinski definition) is 3. The lowest BCUT2D eigenvalue weighted by molar-refractivity contribution is -0.139. The molecule has 1 fully saturated rings. The molecular weight excluding hydrogens is 314 g/mol. The summed E-state index contributed by atoms with van der Waals surface area (Å²) in [5.41, 5.74) is 2.48. The van der Waals surface area contributed by atoms with Crippen LogP contribution in [0.25, 0.3) is 0 Å². The Morgan fingerprint density at radius 3 is 2.84 bits per heavy atom. The van der Waals surface area contributed by atoms with Gasteiger partial charge in [-0.1, -0.05) is 30.3 Å². The number of ether oxygens (including phenoxy) is 1. The molecule has 0 spiro atoms. The summed E-state index contributed by atoms with van der Waals surface area (Å²) in [4.78, 5) is 14.4. The Labute approximate surface area is 149 Å². The fraction of sp³-hybridized carbons (Fsp3) is 0.500. The summed E-state index contributed by atoms with van der Waals surface area (Å²) in [5.74, 6) is 0.222. The van der Waals surface area contributed by atoms with Crippen LogP contribution < -0.4 is 0 Å². The first-order chi connectivity index (χ1) is 12.2. The fourth-order valence-corrected chi connectivity index (χ4v) is 3.31. The lowest BCUT2D eigenvalue weighted by Gasteiger charge is -2.33. The van der Waals surface area contributed by atoms with Gasteiger partial charge in [-0.2, -0.15) is 5.10 Å². The van der Waals surface area contributed by atoms with Gasteiger partial charge in [0.1, 0.15) is 0 Å². The zero-order chi connectivity index (χ0) is 17.5. The Kier molecular flexibility index (Phi) is 6.23. The van der Waals surface area contributed by atoms with E-state index in [2.05, 4.69) is 29.4 Å². The van der Waals surface area contributed by atoms with E-state index in [1.165, 1.54) is 5.56 Å². The van der Waals surface area contributed by atoms with Gasteiger partial charge in [0, 0.05) is 32.8 Å². The fourth-order valence-electron chi connectivity index (χ4n) is 3.31. The number of morpholine rings is 1. The van der Waals surface area contributed by atoms with E-state index in [1.807, 2.05) is 30.4 Å². The number of carbonyl (C=O) groups is 1. The van der Waals surface area contributed by atoms with E-state index in [1.54, 1.807) is 4.68 Å². The molecule has 1 aliphatic heterocycles. The van der Waals surface area contributed by atoms with Gasteiger partial charge in [0.25, 0.3) is 0 Å². The van der Waals surface area contributed by atoms with Gasteiger partial charge in [-0.3, -0.25) is 9.48 Å². The van der Waals surface area contributed by atoms with E-state index in [0.717, 1.165) is 37.8 Å². The Morgan fingerprint density at radius 1 is 1.24 bits per heavy atom. The van der Waals surface area contributed by atoms with E-state index in [0.29, 0.717) is 19.6 Å². The normalized spacial score (nSPS) is 17.6. The maximum Gasteiger partial charge on any atom is 0.223 e. The average molecular weight is 341 g/mol. The van der Waals surface area contributed by atoms with Crippen molar-refractivity contribution in [2.75, 3.05) is 19.7 Å². The number of carbonyl (C=O) groups excluding carboxylic acids is 1. The molecule has 1 aromatic carbocycles. The molecule has 134 valence electrons. The predicted molar refractivity (Wildman–Crippen MR) is 97.2 cm³/mol. The standard InChI is InChI=1S/C20H27N3O2/c1-22-15-18(14-21-22)10-11-20(24)23-12-13-25-19(16-23)9-5-8-17-6-3-2-4-7-17/h2-4,6-7,14-15,19H,5,8-13,16H2,1H3/t19-/m0/s1. The molecule has 3 rings (SSSR count). The van der Waals surface area contributed by atoms with Crippen LogP contribution in [0.4, 0.5) is 0 Å². The third-order valence-corrected chi connectivity index (χ3v) is 4.71. The molecule has 1 aromatic heterocycles. The SMILES string of the molecule is Cn1cc(CCC(=O)N2CCO[C@@H](CCCc3ccccc3)C2)cn1. The molecule has 1 atom stereocenters. The van der Waals surface area contributed by atoms with Gasteiger partial charge < -0.3 is 9.64 Å². The summed E-state index contributed by atoms with van der Waals surface area (Å²) >= 11 is 0. The molecule has 1 aliphatic rings. The monoisotopic (exact) mass is 341 g/mol. The highest BCUT2D eigenvalue weighted by Gasteiger charge is 2.23. The Hall–Kier alpha value is -2.14. The molecular formula is C20H27N3O2. The van der Waals surface area contributed by atoms with Crippen molar-refractivity contribution in [2.24, 2.45) is 7.05 Å². The van der Waals surface area contributed by atoms with Crippen LogP contribution >= 0.6 is 0 Å². The molecule has 0 radical (unpaired) electrons. The van der Waals surface area contributed by atoms with Crippen LogP contribution in [0.1, 0.15) is 30.4 Å².